The van der Waals surface area contributed by atoms with Crippen molar-refractivity contribution >= 4 is 5.91 Å². The number of carbonyl (C=O) groups excluding carboxylic acids is 1. The predicted octanol–water partition coefficient (Wildman–Crippen LogP) is 7.79. The van der Waals surface area contributed by atoms with Crippen molar-refractivity contribution in [3.05, 3.63) is 36.3 Å². The third kappa shape index (κ3) is 4.28. The number of aliphatic hydroxyl groups is 1. The van der Waals surface area contributed by atoms with Crippen LogP contribution in [0, 0.1) is 52.3 Å². The van der Waals surface area contributed by atoms with Crippen LogP contribution in [0.25, 0.3) is 11.3 Å². The minimum absolute atomic E-state index is 0.0532. The molecule has 1 aliphatic heterocycles. The molecule has 5 saturated carbocycles. The number of methoxy groups -OCH3 is 1. The minimum Gasteiger partial charge on any atom is -0.497 e. The first-order chi connectivity index (χ1) is 21.3. The van der Waals surface area contributed by atoms with E-state index in [1.165, 1.54) is 51.4 Å². The molecule has 238 valence electrons. The largest absolute Gasteiger partial charge is 0.497 e. The van der Waals surface area contributed by atoms with Crippen LogP contribution in [0.2, 0.25) is 0 Å². The molecule has 6 fully saturated rings. The van der Waals surface area contributed by atoms with Crippen molar-refractivity contribution in [1.82, 2.24) is 14.9 Å². The number of H-pyrrole nitrogens is 1. The first-order valence-electron chi connectivity index (χ1n) is 18.0. The summed E-state index contributed by atoms with van der Waals surface area (Å²) in [5, 5.41) is 10.7. The molecule has 0 bridgehead atoms. The number of hydrogen-bond acceptors (Lipinski definition) is 4. The fourth-order valence-corrected chi connectivity index (χ4v) is 12.6. The lowest BCUT2D eigenvalue weighted by Crippen LogP contribution is -2.58. The Hall–Kier alpha value is -2.34. The second kappa shape index (κ2) is 10.9. The summed E-state index contributed by atoms with van der Waals surface area (Å²) in [6.07, 6.45) is 17.2. The van der Waals surface area contributed by atoms with E-state index in [0.29, 0.717) is 29.1 Å². The maximum Gasteiger partial charge on any atom is 0.229 e. The Balaban J connectivity index is 1.01. The molecule has 1 aromatic heterocycles. The van der Waals surface area contributed by atoms with E-state index in [-0.39, 0.29) is 17.6 Å². The van der Waals surface area contributed by atoms with Gasteiger partial charge in [0.15, 0.2) is 0 Å². The highest BCUT2D eigenvalue weighted by Crippen LogP contribution is 2.68. The summed E-state index contributed by atoms with van der Waals surface area (Å²) in [6, 6.07) is 8.15. The Morgan fingerprint density at radius 2 is 1.68 bits per heavy atom. The number of benzene rings is 1. The summed E-state index contributed by atoms with van der Waals surface area (Å²) in [5.74, 6) is 7.06. The summed E-state index contributed by atoms with van der Waals surface area (Å²) >= 11 is 0. The summed E-state index contributed by atoms with van der Waals surface area (Å²) in [4.78, 5) is 25.5. The van der Waals surface area contributed by atoms with E-state index in [4.69, 9.17) is 9.72 Å². The lowest BCUT2D eigenvalue weighted by atomic mass is 9.42. The number of hydrogen-bond donors (Lipinski definition) is 2. The number of ether oxygens (including phenoxy) is 1. The second-order valence-corrected chi connectivity index (χ2v) is 16.1. The van der Waals surface area contributed by atoms with Crippen molar-refractivity contribution in [3.8, 4) is 17.0 Å². The van der Waals surface area contributed by atoms with Gasteiger partial charge in [-0.2, -0.15) is 0 Å². The molecule has 1 amide bonds. The molecule has 11 unspecified atom stereocenters. The average Bonchev–Trinajstić information content (AvgIpc) is 3.82. The lowest BCUT2D eigenvalue weighted by Gasteiger charge is -2.63. The molecule has 2 aromatic rings. The first kappa shape index (κ1) is 29.1. The van der Waals surface area contributed by atoms with Crippen LogP contribution in [0.15, 0.2) is 30.5 Å². The average molecular weight is 600 g/mol. The molecule has 5 aliphatic carbocycles. The van der Waals surface area contributed by atoms with Crippen LogP contribution >= 0.6 is 0 Å². The maximum absolute atomic E-state index is 14.8. The Morgan fingerprint density at radius 1 is 0.909 bits per heavy atom. The van der Waals surface area contributed by atoms with Crippen LogP contribution < -0.4 is 4.74 Å². The van der Waals surface area contributed by atoms with Gasteiger partial charge in [-0.3, -0.25) is 4.79 Å². The van der Waals surface area contributed by atoms with Gasteiger partial charge in [-0.25, -0.2) is 4.98 Å². The van der Waals surface area contributed by atoms with Gasteiger partial charge >= 0.3 is 0 Å². The predicted molar refractivity (Wildman–Crippen MR) is 172 cm³/mol. The van der Waals surface area contributed by atoms with E-state index >= 15 is 0 Å². The van der Waals surface area contributed by atoms with Crippen LogP contribution in [-0.2, 0) is 4.79 Å². The molecule has 6 aliphatic rings. The molecular formula is C38H53N3O3. The van der Waals surface area contributed by atoms with Crippen LogP contribution in [0.4, 0.5) is 0 Å². The zero-order valence-corrected chi connectivity index (χ0v) is 27.1. The van der Waals surface area contributed by atoms with E-state index in [1.807, 2.05) is 18.3 Å². The van der Waals surface area contributed by atoms with Crippen LogP contribution in [0.1, 0.15) is 109 Å². The number of nitrogens with zero attached hydrogens (tertiary/aromatic N) is 2. The number of aromatic nitrogens is 2. The fourth-order valence-electron chi connectivity index (χ4n) is 12.6. The highest BCUT2D eigenvalue weighted by molar-refractivity contribution is 5.84. The van der Waals surface area contributed by atoms with E-state index < -0.39 is 0 Å². The van der Waals surface area contributed by atoms with E-state index in [9.17, 15) is 9.90 Å². The third-order valence-corrected chi connectivity index (χ3v) is 14.7. The molecule has 11 atom stereocenters. The smallest absolute Gasteiger partial charge is 0.229 e. The monoisotopic (exact) mass is 599 g/mol. The van der Waals surface area contributed by atoms with E-state index in [2.05, 4.69) is 35.9 Å². The second-order valence-electron chi connectivity index (χ2n) is 16.1. The molecule has 6 nitrogen and oxygen atoms in total. The molecule has 0 radical (unpaired) electrons. The Bertz CT molecular complexity index is 1370. The molecule has 6 heteroatoms. The number of carbonyl (C=O) groups is 1. The van der Waals surface area contributed by atoms with Gasteiger partial charge in [0.2, 0.25) is 5.91 Å². The van der Waals surface area contributed by atoms with Crippen molar-refractivity contribution in [2.75, 3.05) is 13.7 Å². The van der Waals surface area contributed by atoms with Crippen molar-refractivity contribution < 1.29 is 14.6 Å². The van der Waals surface area contributed by atoms with Gasteiger partial charge in [-0.05, 0) is 154 Å². The van der Waals surface area contributed by atoms with Crippen molar-refractivity contribution in [3.63, 3.8) is 0 Å². The van der Waals surface area contributed by atoms with Gasteiger partial charge in [0, 0.05) is 6.54 Å². The summed E-state index contributed by atoms with van der Waals surface area (Å²) in [7, 11) is 1.69. The quantitative estimate of drug-likeness (QED) is 0.376. The molecular weight excluding hydrogens is 546 g/mol. The van der Waals surface area contributed by atoms with Gasteiger partial charge in [0.05, 0.1) is 36.6 Å². The SMILES string of the molecule is COc1ccc(-c2cnc(C3CCCN3C(=O)C34CCCC3C3CCC5C(CCC6C(C)C(O)CCC65C)C3CC4)[nH]2)cc1. The fraction of sp³-hybridized carbons (Fsp3) is 0.737. The Kier molecular flexibility index (Phi) is 7.19. The normalized spacial score (nSPS) is 43.1. The van der Waals surface area contributed by atoms with Gasteiger partial charge in [0.25, 0.3) is 0 Å². The Morgan fingerprint density at radius 3 is 2.48 bits per heavy atom. The molecule has 1 saturated heterocycles. The van der Waals surface area contributed by atoms with Crippen molar-refractivity contribution in [2.24, 2.45) is 52.3 Å². The summed E-state index contributed by atoms with van der Waals surface area (Å²) < 4.78 is 5.34. The number of fused-ring (bicyclic) bond motifs is 7. The summed E-state index contributed by atoms with van der Waals surface area (Å²) in [5.41, 5.74) is 2.32. The number of amides is 1. The number of aliphatic hydroxyl groups excluding tert-OH is 1. The van der Waals surface area contributed by atoms with Crippen LogP contribution in [-0.4, -0.2) is 45.6 Å². The number of nitrogens with one attached hydrogen (secondary N) is 1. The molecule has 44 heavy (non-hydrogen) atoms. The lowest BCUT2D eigenvalue weighted by molar-refractivity contribution is -0.168. The zero-order chi connectivity index (χ0) is 30.2. The van der Waals surface area contributed by atoms with E-state index in [1.54, 1.807) is 7.11 Å². The highest BCUT2D eigenvalue weighted by Gasteiger charge is 2.63. The highest BCUT2D eigenvalue weighted by atomic mass is 16.5. The standard InChI is InChI=1S/C38H53N3O3/c1-23-29-14-12-27-26-16-20-38(18-4-6-31(38)28(26)13-15-30(27)37(29,2)19-17-34(23)42)36(43)41-21-5-7-33(41)35-39-22-32(40-35)24-8-10-25(44-3)11-9-24/h8-11,22-23,26-31,33-34,42H,4-7,12-21H2,1-3H3,(H,39,40). The number of likely N-dealkylation sites (tertiary alicyclic amines) is 1. The van der Waals surface area contributed by atoms with Crippen LogP contribution in [0.3, 0.4) is 0 Å². The molecule has 1 aromatic carbocycles. The zero-order valence-electron chi connectivity index (χ0n) is 27.1. The molecule has 2 N–H and O–H groups in total. The Labute approximate surface area is 263 Å². The van der Waals surface area contributed by atoms with Gasteiger partial charge in [-0.15, -0.1) is 0 Å². The number of rotatable bonds is 4. The molecule has 0 spiro atoms. The number of imidazole rings is 1. The molecule has 8 rings (SSSR count). The van der Waals surface area contributed by atoms with Crippen molar-refractivity contribution in [1.29, 1.82) is 0 Å². The van der Waals surface area contributed by atoms with Crippen LogP contribution in [0.5, 0.6) is 5.75 Å². The van der Waals surface area contributed by atoms with Gasteiger partial charge in [-0.1, -0.05) is 20.3 Å². The van der Waals surface area contributed by atoms with E-state index in [0.717, 1.165) is 85.2 Å². The third-order valence-electron chi connectivity index (χ3n) is 14.7. The molecule has 2 heterocycles. The summed E-state index contributed by atoms with van der Waals surface area (Å²) in [6.45, 7) is 5.79. The first-order valence-corrected chi connectivity index (χ1v) is 18.0. The van der Waals surface area contributed by atoms with Crippen molar-refractivity contribution in [2.45, 2.75) is 109 Å². The maximum atomic E-state index is 14.8. The van der Waals surface area contributed by atoms with Gasteiger partial charge < -0.3 is 19.7 Å². The number of aromatic amines is 1. The van der Waals surface area contributed by atoms with Gasteiger partial charge in [0.1, 0.15) is 11.6 Å². The minimum atomic E-state index is -0.160. The topological polar surface area (TPSA) is 78.4 Å².